The number of nitrogens with zero attached hydrogens (tertiary/aromatic N) is 1. The Hall–Kier alpha value is -1.22. The molecule has 0 aliphatic heterocycles. The van der Waals surface area contributed by atoms with E-state index in [2.05, 4.69) is 15.0 Å². The zero-order chi connectivity index (χ0) is 15.5. The van der Waals surface area contributed by atoms with Crippen LogP contribution in [0.15, 0.2) is 28.6 Å². The van der Waals surface area contributed by atoms with Crippen LogP contribution in [-0.4, -0.2) is 19.9 Å². The van der Waals surface area contributed by atoms with Gasteiger partial charge in [-0.15, -0.1) is 11.3 Å². The summed E-state index contributed by atoms with van der Waals surface area (Å²) in [5.74, 6) is -0.815. The van der Waals surface area contributed by atoms with Crippen LogP contribution in [0.4, 0.5) is 9.52 Å². The minimum atomic E-state index is -4.07. The second-order valence-electron chi connectivity index (χ2n) is 4.10. The summed E-state index contributed by atoms with van der Waals surface area (Å²) in [6.45, 7) is 2.69. The van der Waals surface area contributed by atoms with Crippen molar-refractivity contribution in [3.63, 3.8) is 0 Å². The van der Waals surface area contributed by atoms with E-state index in [0.717, 1.165) is 17.4 Å². The molecule has 0 saturated carbocycles. The van der Waals surface area contributed by atoms with Gasteiger partial charge in [-0.3, -0.25) is 4.72 Å². The van der Waals surface area contributed by atoms with Crippen molar-refractivity contribution in [1.82, 2.24) is 10.3 Å². The number of sulfonamides is 1. The van der Waals surface area contributed by atoms with Gasteiger partial charge in [0.05, 0.1) is 0 Å². The van der Waals surface area contributed by atoms with Gasteiger partial charge in [0.15, 0.2) is 5.13 Å². The molecule has 2 rings (SSSR count). The van der Waals surface area contributed by atoms with E-state index in [1.54, 1.807) is 5.38 Å². The molecule has 0 fully saturated rings. The van der Waals surface area contributed by atoms with Crippen LogP contribution in [0.1, 0.15) is 12.5 Å². The molecule has 2 aromatic rings. The van der Waals surface area contributed by atoms with E-state index in [1.165, 1.54) is 12.3 Å². The number of nitrogens with one attached hydrogen (secondary N) is 2. The van der Waals surface area contributed by atoms with Crippen LogP contribution in [0.25, 0.3) is 0 Å². The fourth-order valence-corrected chi connectivity index (χ4v) is 3.89. The second kappa shape index (κ2) is 6.69. The molecule has 5 nitrogen and oxygen atoms in total. The fraction of sp³-hybridized carbons (Fsp3) is 0.250. The second-order valence-corrected chi connectivity index (χ2v) is 7.08. The van der Waals surface area contributed by atoms with Gasteiger partial charge in [-0.05, 0) is 18.7 Å². The van der Waals surface area contributed by atoms with Crippen molar-refractivity contribution in [2.45, 2.75) is 18.4 Å². The summed E-state index contributed by atoms with van der Waals surface area (Å²) < 4.78 is 41.1. The van der Waals surface area contributed by atoms with Crippen LogP contribution in [-0.2, 0) is 16.6 Å². The first-order valence-corrected chi connectivity index (χ1v) is 8.79. The van der Waals surface area contributed by atoms with E-state index in [9.17, 15) is 12.8 Å². The van der Waals surface area contributed by atoms with Crippen LogP contribution < -0.4 is 10.0 Å². The molecule has 0 amide bonds. The molecule has 2 N–H and O–H groups in total. The zero-order valence-electron chi connectivity index (χ0n) is 11.1. The van der Waals surface area contributed by atoms with Gasteiger partial charge in [-0.25, -0.2) is 17.8 Å². The van der Waals surface area contributed by atoms with Crippen molar-refractivity contribution in [3.8, 4) is 0 Å². The molecule has 9 heteroatoms. The van der Waals surface area contributed by atoms with Crippen molar-refractivity contribution in [1.29, 1.82) is 0 Å². The first-order valence-electron chi connectivity index (χ1n) is 6.05. The van der Waals surface area contributed by atoms with Crippen molar-refractivity contribution in [2.75, 3.05) is 11.3 Å². The molecule has 21 heavy (non-hydrogen) atoms. The lowest BCUT2D eigenvalue weighted by Gasteiger charge is -2.11. The highest BCUT2D eigenvalue weighted by Gasteiger charge is 2.23. The number of thiazole rings is 1. The summed E-state index contributed by atoms with van der Waals surface area (Å²) in [7, 11) is -4.07. The summed E-state index contributed by atoms with van der Waals surface area (Å²) in [4.78, 5) is 3.32. The third-order valence-corrected chi connectivity index (χ3v) is 4.96. The van der Waals surface area contributed by atoms with Crippen molar-refractivity contribution in [2.24, 2.45) is 0 Å². The third kappa shape index (κ3) is 3.91. The maximum atomic E-state index is 14.4. The average molecular weight is 350 g/mol. The maximum absolute atomic E-state index is 14.4. The van der Waals surface area contributed by atoms with Crippen molar-refractivity contribution >= 4 is 38.1 Å². The van der Waals surface area contributed by atoms with Crippen LogP contribution in [0.5, 0.6) is 0 Å². The van der Waals surface area contributed by atoms with E-state index in [4.69, 9.17) is 11.6 Å². The van der Waals surface area contributed by atoms with Crippen LogP contribution >= 0.6 is 22.9 Å². The molecule has 0 bridgehead atoms. The highest BCUT2D eigenvalue weighted by molar-refractivity contribution is 7.93. The number of halogens is 2. The molecule has 0 aliphatic carbocycles. The highest BCUT2D eigenvalue weighted by atomic mass is 35.5. The minimum Gasteiger partial charge on any atom is -0.313 e. The predicted octanol–water partition coefficient (Wildman–Crippen LogP) is 2.85. The Morgan fingerprint density at radius 2 is 2.19 bits per heavy atom. The summed E-state index contributed by atoms with van der Waals surface area (Å²) >= 11 is 6.99. The standard InChI is InChI=1S/C12H13ClFN3O2S2/c1-2-15-7-8-5-9(13)6-10(11(8)14)21(18,19)17-12-16-3-4-20-12/h3-6,15H,2,7H2,1H3,(H,16,17). The molecular formula is C12H13ClFN3O2S2. The van der Waals surface area contributed by atoms with Gasteiger partial charge in [0.25, 0.3) is 10.0 Å². The van der Waals surface area contributed by atoms with Crippen LogP contribution in [0.2, 0.25) is 5.02 Å². The molecule has 114 valence electrons. The molecule has 0 saturated heterocycles. The Kier molecular flexibility index (Phi) is 5.15. The number of benzene rings is 1. The lowest BCUT2D eigenvalue weighted by molar-refractivity contribution is 0.552. The number of aromatic nitrogens is 1. The molecule has 1 aromatic heterocycles. The molecule has 0 radical (unpaired) electrons. The summed E-state index contributed by atoms with van der Waals surface area (Å²) in [6.07, 6.45) is 1.45. The van der Waals surface area contributed by atoms with E-state index in [0.29, 0.717) is 6.54 Å². The molecule has 0 unspecified atom stereocenters. The van der Waals surface area contributed by atoms with Gasteiger partial charge in [-0.2, -0.15) is 0 Å². The molecule has 1 heterocycles. The smallest absolute Gasteiger partial charge is 0.266 e. The lowest BCUT2D eigenvalue weighted by Crippen LogP contribution is -2.18. The van der Waals surface area contributed by atoms with Gasteiger partial charge >= 0.3 is 0 Å². The average Bonchev–Trinajstić information content (AvgIpc) is 2.91. The zero-order valence-corrected chi connectivity index (χ0v) is 13.4. The monoisotopic (exact) mass is 349 g/mol. The molecule has 0 aliphatic rings. The van der Waals surface area contributed by atoms with Gasteiger partial charge in [0.1, 0.15) is 10.7 Å². The minimum absolute atomic E-state index is 0.156. The van der Waals surface area contributed by atoms with Crippen LogP contribution in [0.3, 0.4) is 0 Å². The van der Waals surface area contributed by atoms with Gasteiger partial charge in [0, 0.05) is 28.7 Å². The fourth-order valence-electron chi connectivity index (χ4n) is 1.65. The summed E-state index contributed by atoms with van der Waals surface area (Å²) in [6, 6.07) is 2.49. The van der Waals surface area contributed by atoms with E-state index >= 15 is 0 Å². The molecule has 1 aromatic carbocycles. The Bertz CT molecular complexity index is 720. The summed E-state index contributed by atoms with van der Waals surface area (Å²) in [5.41, 5.74) is 0.198. The molecule has 0 spiro atoms. The number of anilines is 1. The normalized spacial score (nSPS) is 11.6. The maximum Gasteiger partial charge on any atom is 0.266 e. The summed E-state index contributed by atoms with van der Waals surface area (Å²) in [5, 5.41) is 4.87. The van der Waals surface area contributed by atoms with Crippen LogP contribution in [0, 0.1) is 5.82 Å². The predicted molar refractivity (Wildman–Crippen MR) is 81.7 cm³/mol. The van der Waals surface area contributed by atoms with Gasteiger partial charge in [0.2, 0.25) is 0 Å². The van der Waals surface area contributed by atoms with Gasteiger partial charge < -0.3 is 5.32 Å². The van der Waals surface area contributed by atoms with Crippen molar-refractivity contribution in [3.05, 3.63) is 40.1 Å². The van der Waals surface area contributed by atoms with E-state index in [1.807, 2.05) is 6.92 Å². The number of hydrogen-bond donors (Lipinski definition) is 2. The largest absolute Gasteiger partial charge is 0.313 e. The van der Waals surface area contributed by atoms with E-state index < -0.39 is 20.7 Å². The van der Waals surface area contributed by atoms with Crippen molar-refractivity contribution < 1.29 is 12.8 Å². The van der Waals surface area contributed by atoms with Gasteiger partial charge in [-0.1, -0.05) is 18.5 Å². The third-order valence-electron chi connectivity index (χ3n) is 2.59. The molecule has 0 atom stereocenters. The number of hydrogen-bond acceptors (Lipinski definition) is 5. The number of rotatable bonds is 6. The Balaban J connectivity index is 2.40. The Morgan fingerprint density at radius 1 is 1.43 bits per heavy atom. The highest BCUT2D eigenvalue weighted by Crippen LogP contribution is 2.26. The Labute approximate surface area is 131 Å². The Morgan fingerprint density at radius 3 is 2.81 bits per heavy atom. The first-order chi connectivity index (χ1) is 9.94. The quantitative estimate of drug-likeness (QED) is 0.841. The van der Waals surface area contributed by atoms with E-state index in [-0.39, 0.29) is 22.3 Å². The molecular weight excluding hydrogens is 337 g/mol. The lowest BCUT2D eigenvalue weighted by atomic mass is 10.2. The topological polar surface area (TPSA) is 71.1 Å². The SMILES string of the molecule is CCNCc1cc(Cl)cc(S(=O)(=O)Nc2nccs2)c1F. The first kappa shape index (κ1) is 16.2.